The fourth-order valence-electron chi connectivity index (χ4n) is 1.23. The molecule has 0 radical (unpaired) electrons. The van der Waals surface area contributed by atoms with E-state index in [0.29, 0.717) is 6.42 Å². The molecular weight excluding hydrogens is 170 g/mol. The first-order chi connectivity index (χ1) is 6.17. The first-order valence-electron chi connectivity index (χ1n) is 4.60. The van der Waals surface area contributed by atoms with Gasteiger partial charge in [-0.05, 0) is 6.42 Å². The summed E-state index contributed by atoms with van der Waals surface area (Å²) in [5, 5.41) is 0. The monoisotopic (exact) mass is 184 g/mol. The van der Waals surface area contributed by atoms with Gasteiger partial charge in [-0.1, -0.05) is 43.7 Å². The molecule has 0 unspecified atom stereocenters. The van der Waals surface area contributed by atoms with Crippen molar-refractivity contribution in [3.05, 3.63) is 35.9 Å². The smallest absolute Gasteiger partial charge is 0.201 e. The van der Waals surface area contributed by atoms with Crippen molar-refractivity contribution in [3.8, 4) is 0 Å². The summed E-state index contributed by atoms with van der Waals surface area (Å²) >= 11 is 0. The number of unbranched alkanes of at least 4 members (excludes halogenated alkanes) is 1. The van der Waals surface area contributed by atoms with Gasteiger partial charge in [0.1, 0.15) is 0 Å². The lowest BCUT2D eigenvalue weighted by Crippen LogP contribution is -2.12. The molecule has 0 saturated heterocycles. The molecule has 2 heteroatoms. The van der Waals surface area contributed by atoms with Gasteiger partial charge in [0.05, 0.1) is 0 Å². The van der Waals surface area contributed by atoms with E-state index in [4.69, 9.17) is 0 Å². The Hall–Kier alpha value is -0.920. The molecule has 0 aliphatic rings. The Labute approximate surface area is 77.6 Å². The Kier molecular flexibility index (Phi) is 3.40. The van der Waals surface area contributed by atoms with Crippen LogP contribution in [0.25, 0.3) is 0 Å². The molecule has 1 aromatic carbocycles. The van der Waals surface area contributed by atoms with Gasteiger partial charge >= 0.3 is 0 Å². The molecule has 0 amide bonds. The standard InChI is InChI=1S/C11H14F2/c1-2-3-9-11(12,13)10-7-5-4-6-8-10/h4-8H,2-3,9H2,1H3. The average molecular weight is 184 g/mol. The van der Waals surface area contributed by atoms with E-state index < -0.39 is 5.92 Å². The Morgan fingerprint density at radius 1 is 1.15 bits per heavy atom. The van der Waals surface area contributed by atoms with Crippen LogP contribution in [0.3, 0.4) is 0 Å². The van der Waals surface area contributed by atoms with Crippen molar-refractivity contribution >= 4 is 0 Å². The zero-order valence-electron chi connectivity index (χ0n) is 7.76. The van der Waals surface area contributed by atoms with E-state index in [1.165, 1.54) is 12.1 Å². The van der Waals surface area contributed by atoms with Gasteiger partial charge in [0, 0.05) is 12.0 Å². The number of benzene rings is 1. The summed E-state index contributed by atoms with van der Waals surface area (Å²) in [6.45, 7) is 1.92. The Bertz CT molecular complexity index is 242. The van der Waals surface area contributed by atoms with Crippen LogP contribution in [0.5, 0.6) is 0 Å². The molecule has 0 heterocycles. The molecule has 13 heavy (non-hydrogen) atoms. The Balaban J connectivity index is 2.69. The van der Waals surface area contributed by atoms with Crippen LogP contribution >= 0.6 is 0 Å². The van der Waals surface area contributed by atoms with Crippen molar-refractivity contribution in [2.45, 2.75) is 32.1 Å². The molecule has 0 aliphatic heterocycles. The minimum Gasteiger partial charge on any atom is -0.201 e. The van der Waals surface area contributed by atoms with Gasteiger partial charge in [-0.3, -0.25) is 0 Å². The van der Waals surface area contributed by atoms with Crippen LogP contribution in [0.2, 0.25) is 0 Å². The highest BCUT2D eigenvalue weighted by Crippen LogP contribution is 2.32. The van der Waals surface area contributed by atoms with Crippen molar-refractivity contribution in [3.63, 3.8) is 0 Å². The summed E-state index contributed by atoms with van der Waals surface area (Å²) in [5.41, 5.74) is 0.128. The first kappa shape index (κ1) is 10.2. The molecule has 0 saturated carbocycles. The molecule has 72 valence electrons. The molecule has 0 spiro atoms. The van der Waals surface area contributed by atoms with E-state index in [-0.39, 0.29) is 12.0 Å². The predicted octanol–water partition coefficient (Wildman–Crippen LogP) is 3.97. The quantitative estimate of drug-likeness (QED) is 0.664. The van der Waals surface area contributed by atoms with E-state index >= 15 is 0 Å². The lowest BCUT2D eigenvalue weighted by atomic mass is 10.0. The maximum atomic E-state index is 13.3. The summed E-state index contributed by atoms with van der Waals surface area (Å²) in [6, 6.07) is 8.01. The molecular formula is C11H14F2. The van der Waals surface area contributed by atoms with Crippen LogP contribution in [-0.4, -0.2) is 0 Å². The van der Waals surface area contributed by atoms with E-state index in [1.54, 1.807) is 18.2 Å². The molecule has 0 atom stereocenters. The Morgan fingerprint density at radius 3 is 2.31 bits per heavy atom. The topological polar surface area (TPSA) is 0 Å². The fourth-order valence-corrected chi connectivity index (χ4v) is 1.23. The van der Waals surface area contributed by atoms with Gasteiger partial charge in [0.25, 0.3) is 5.92 Å². The van der Waals surface area contributed by atoms with Crippen LogP contribution in [0.15, 0.2) is 30.3 Å². The highest BCUT2D eigenvalue weighted by Gasteiger charge is 2.29. The van der Waals surface area contributed by atoms with Crippen LogP contribution in [0, 0.1) is 0 Å². The molecule has 0 aliphatic carbocycles. The number of halogens is 2. The fraction of sp³-hybridized carbons (Fsp3) is 0.455. The average Bonchev–Trinajstić information content (AvgIpc) is 2.16. The molecule has 0 aromatic heterocycles. The summed E-state index contributed by atoms with van der Waals surface area (Å²) in [4.78, 5) is 0. The lowest BCUT2D eigenvalue weighted by Gasteiger charge is -2.15. The highest BCUT2D eigenvalue weighted by atomic mass is 19.3. The van der Waals surface area contributed by atoms with Crippen molar-refractivity contribution < 1.29 is 8.78 Å². The third-order valence-electron chi connectivity index (χ3n) is 2.04. The maximum absolute atomic E-state index is 13.3. The minimum absolute atomic E-state index is 0.0481. The molecule has 0 N–H and O–H groups in total. The zero-order chi connectivity index (χ0) is 9.73. The number of alkyl halides is 2. The van der Waals surface area contributed by atoms with Gasteiger partial charge in [-0.2, -0.15) is 0 Å². The Morgan fingerprint density at radius 2 is 1.77 bits per heavy atom. The van der Waals surface area contributed by atoms with Gasteiger partial charge in [0.2, 0.25) is 0 Å². The molecule has 0 fully saturated rings. The van der Waals surface area contributed by atoms with Crippen LogP contribution in [0.1, 0.15) is 31.7 Å². The zero-order valence-corrected chi connectivity index (χ0v) is 7.76. The number of rotatable bonds is 4. The number of hydrogen-bond acceptors (Lipinski definition) is 0. The molecule has 1 aromatic rings. The van der Waals surface area contributed by atoms with E-state index in [9.17, 15) is 8.78 Å². The second-order valence-electron chi connectivity index (χ2n) is 3.17. The van der Waals surface area contributed by atoms with Crippen LogP contribution in [0.4, 0.5) is 8.78 Å². The van der Waals surface area contributed by atoms with E-state index in [1.807, 2.05) is 6.92 Å². The molecule has 1 rings (SSSR count). The van der Waals surface area contributed by atoms with Crippen molar-refractivity contribution in [1.82, 2.24) is 0 Å². The second-order valence-corrected chi connectivity index (χ2v) is 3.17. The van der Waals surface area contributed by atoms with E-state index in [0.717, 1.165) is 6.42 Å². The SMILES string of the molecule is CCCCC(F)(F)c1ccccc1. The second kappa shape index (κ2) is 4.35. The maximum Gasteiger partial charge on any atom is 0.273 e. The van der Waals surface area contributed by atoms with Gasteiger partial charge in [0.15, 0.2) is 0 Å². The number of hydrogen-bond donors (Lipinski definition) is 0. The normalized spacial score (nSPS) is 11.6. The van der Waals surface area contributed by atoms with Gasteiger partial charge in [-0.25, -0.2) is 8.78 Å². The summed E-state index contributed by atoms with van der Waals surface area (Å²) < 4.78 is 26.7. The largest absolute Gasteiger partial charge is 0.273 e. The van der Waals surface area contributed by atoms with Crippen molar-refractivity contribution in [1.29, 1.82) is 0 Å². The molecule has 0 nitrogen and oxygen atoms in total. The van der Waals surface area contributed by atoms with Crippen molar-refractivity contribution in [2.24, 2.45) is 0 Å². The summed E-state index contributed by atoms with van der Waals surface area (Å²) in [6.07, 6.45) is 1.33. The van der Waals surface area contributed by atoms with Crippen molar-refractivity contribution in [2.75, 3.05) is 0 Å². The van der Waals surface area contributed by atoms with Crippen LogP contribution in [-0.2, 0) is 5.92 Å². The molecule has 0 bridgehead atoms. The predicted molar refractivity (Wildman–Crippen MR) is 49.9 cm³/mol. The minimum atomic E-state index is -2.66. The van der Waals surface area contributed by atoms with Gasteiger partial charge < -0.3 is 0 Å². The van der Waals surface area contributed by atoms with Crippen LogP contribution < -0.4 is 0 Å². The van der Waals surface area contributed by atoms with Gasteiger partial charge in [-0.15, -0.1) is 0 Å². The lowest BCUT2D eigenvalue weighted by molar-refractivity contribution is -0.0154. The third-order valence-corrected chi connectivity index (χ3v) is 2.04. The van der Waals surface area contributed by atoms with E-state index in [2.05, 4.69) is 0 Å². The summed E-state index contributed by atoms with van der Waals surface area (Å²) in [5.74, 6) is -2.66. The highest BCUT2D eigenvalue weighted by molar-refractivity contribution is 5.19. The third kappa shape index (κ3) is 2.79. The summed E-state index contributed by atoms with van der Waals surface area (Å²) in [7, 11) is 0. The first-order valence-corrected chi connectivity index (χ1v) is 4.60.